The molecule has 0 amide bonds. The Morgan fingerprint density at radius 1 is 1.35 bits per heavy atom. The van der Waals surface area contributed by atoms with E-state index in [0.717, 1.165) is 30.6 Å². The zero-order valence-corrected chi connectivity index (χ0v) is 13.3. The molecule has 1 aliphatic carbocycles. The summed E-state index contributed by atoms with van der Waals surface area (Å²) in [5.74, 6) is 0. The highest BCUT2D eigenvalue weighted by atomic mass is 32.2. The third-order valence-corrected chi connectivity index (χ3v) is 6.40. The van der Waals surface area contributed by atoms with Crippen LogP contribution in [0.3, 0.4) is 0 Å². The van der Waals surface area contributed by atoms with Gasteiger partial charge in [-0.05, 0) is 44.7 Å². The van der Waals surface area contributed by atoms with Gasteiger partial charge in [0.2, 0.25) is 10.0 Å². The summed E-state index contributed by atoms with van der Waals surface area (Å²) in [5.41, 5.74) is 5.83. The predicted octanol–water partition coefficient (Wildman–Crippen LogP) is 1.62. The van der Waals surface area contributed by atoms with E-state index in [2.05, 4.69) is 4.72 Å². The van der Waals surface area contributed by atoms with Gasteiger partial charge in [0.1, 0.15) is 4.21 Å². The van der Waals surface area contributed by atoms with E-state index in [1.807, 2.05) is 6.92 Å². The summed E-state index contributed by atoms with van der Waals surface area (Å²) in [6.45, 7) is 2.60. The van der Waals surface area contributed by atoms with E-state index in [1.165, 1.54) is 11.3 Å². The highest BCUT2D eigenvalue weighted by molar-refractivity contribution is 7.91. The predicted molar refractivity (Wildman–Crippen MR) is 80.4 cm³/mol. The van der Waals surface area contributed by atoms with E-state index >= 15 is 0 Å². The van der Waals surface area contributed by atoms with E-state index in [1.54, 1.807) is 12.1 Å². The Morgan fingerprint density at radius 3 is 2.65 bits per heavy atom. The Kier molecular flexibility index (Phi) is 5.57. The fourth-order valence-electron chi connectivity index (χ4n) is 2.28. The van der Waals surface area contributed by atoms with Crippen LogP contribution in [0, 0.1) is 6.92 Å². The van der Waals surface area contributed by atoms with Crippen molar-refractivity contribution in [2.24, 2.45) is 5.73 Å². The second-order valence-corrected chi connectivity index (χ2v) is 8.45. The number of rotatable bonds is 6. The average Bonchev–Trinajstić information content (AvgIpc) is 2.84. The van der Waals surface area contributed by atoms with Crippen LogP contribution >= 0.6 is 11.3 Å². The van der Waals surface area contributed by atoms with Gasteiger partial charge in [-0.1, -0.05) is 0 Å². The maximum absolute atomic E-state index is 12.0. The van der Waals surface area contributed by atoms with Gasteiger partial charge in [0.25, 0.3) is 0 Å². The zero-order valence-electron chi connectivity index (χ0n) is 11.7. The van der Waals surface area contributed by atoms with Crippen molar-refractivity contribution in [3.8, 4) is 0 Å². The highest BCUT2D eigenvalue weighted by Gasteiger charge is 2.19. The molecule has 1 fully saturated rings. The first kappa shape index (κ1) is 15.9. The molecule has 0 aromatic carbocycles. The van der Waals surface area contributed by atoms with E-state index in [4.69, 9.17) is 10.5 Å². The number of ether oxygens (including phenoxy) is 1. The Balaban J connectivity index is 1.70. The SMILES string of the molecule is Cc1ccc(S(=O)(=O)NCCOC2CCC(N)CC2)s1. The van der Waals surface area contributed by atoms with E-state index in [-0.39, 0.29) is 6.10 Å². The van der Waals surface area contributed by atoms with Gasteiger partial charge in [-0.3, -0.25) is 0 Å². The molecule has 0 radical (unpaired) electrons. The van der Waals surface area contributed by atoms with Gasteiger partial charge in [-0.15, -0.1) is 11.3 Å². The molecule has 114 valence electrons. The van der Waals surface area contributed by atoms with Gasteiger partial charge in [0.15, 0.2) is 0 Å². The van der Waals surface area contributed by atoms with Gasteiger partial charge in [0.05, 0.1) is 12.7 Å². The quantitative estimate of drug-likeness (QED) is 0.781. The van der Waals surface area contributed by atoms with Gasteiger partial charge in [0, 0.05) is 17.5 Å². The van der Waals surface area contributed by atoms with Crippen LogP contribution < -0.4 is 10.5 Å². The summed E-state index contributed by atoms with van der Waals surface area (Å²) >= 11 is 1.28. The Hall–Kier alpha value is -0.470. The molecule has 0 aliphatic heterocycles. The number of hydrogen-bond donors (Lipinski definition) is 2. The van der Waals surface area contributed by atoms with Crippen molar-refractivity contribution < 1.29 is 13.2 Å². The summed E-state index contributed by atoms with van der Waals surface area (Å²) in [6.07, 6.45) is 4.15. The average molecular weight is 318 g/mol. The molecule has 7 heteroatoms. The molecule has 1 aliphatic rings. The fraction of sp³-hybridized carbons (Fsp3) is 0.692. The van der Waals surface area contributed by atoms with E-state index < -0.39 is 10.0 Å². The lowest BCUT2D eigenvalue weighted by molar-refractivity contribution is 0.0287. The maximum Gasteiger partial charge on any atom is 0.250 e. The normalized spacial score (nSPS) is 23.9. The summed E-state index contributed by atoms with van der Waals surface area (Å²) in [4.78, 5) is 0.986. The van der Waals surface area contributed by atoms with Gasteiger partial charge in [-0.2, -0.15) is 0 Å². The molecule has 1 aromatic heterocycles. The smallest absolute Gasteiger partial charge is 0.250 e. The lowest BCUT2D eigenvalue weighted by Crippen LogP contribution is -2.32. The monoisotopic (exact) mass is 318 g/mol. The molecule has 0 unspecified atom stereocenters. The zero-order chi connectivity index (χ0) is 14.6. The Labute approximate surface area is 124 Å². The second kappa shape index (κ2) is 7.00. The molecule has 3 N–H and O–H groups in total. The summed E-state index contributed by atoms with van der Waals surface area (Å²) < 4.78 is 32.6. The molecule has 1 aromatic rings. The van der Waals surface area contributed by atoms with Crippen LogP contribution in [0.5, 0.6) is 0 Å². The third-order valence-electron chi connectivity index (χ3n) is 3.45. The van der Waals surface area contributed by atoms with Crippen LogP contribution in [-0.4, -0.2) is 33.7 Å². The van der Waals surface area contributed by atoms with Gasteiger partial charge >= 0.3 is 0 Å². The molecular weight excluding hydrogens is 296 g/mol. The molecular formula is C13H22N2O3S2. The van der Waals surface area contributed by atoms with Gasteiger partial charge in [-0.25, -0.2) is 13.1 Å². The number of sulfonamides is 1. The summed E-state index contributed by atoms with van der Waals surface area (Å²) in [6, 6.07) is 3.74. The van der Waals surface area contributed by atoms with Crippen molar-refractivity contribution in [1.82, 2.24) is 4.72 Å². The van der Waals surface area contributed by atoms with E-state index in [0.29, 0.717) is 23.4 Å². The maximum atomic E-state index is 12.0. The van der Waals surface area contributed by atoms with Crippen molar-refractivity contribution in [2.45, 2.75) is 49.0 Å². The van der Waals surface area contributed by atoms with Gasteiger partial charge < -0.3 is 10.5 Å². The van der Waals surface area contributed by atoms with Crippen molar-refractivity contribution in [2.75, 3.05) is 13.2 Å². The minimum absolute atomic E-state index is 0.225. The molecule has 0 saturated heterocycles. The molecule has 1 saturated carbocycles. The number of nitrogens with two attached hydrogens (primary N) is 1. The van der Waals surface area contributed by atoms with Crippen LogP contribution in [0.1, 0.15) is 30.6 Å². The van der Waals surface area contributed by atoms with Crippen molar-refractivity contribution in [1.29, 1.82) is 0 Å². The highest BCUT2D eigenvalue weighted by Crippen LogP contribution is 2.21. The standard InChI is InChI=1S/C13H22N2O3S2/c1-10-2-7-13(19-10)20(16,17)15-8-9-18-12-5-3-11(14)4-6-12/h2,7,11-12,15H,3-6,8-9,14H2,1H3. The largest absolute Gasteiger partial charge is 0.377 e. The molecule has 20 heavy (non-hydrogen) atoms. The molecule has 2 rings (SSSR count). The minimum atomic E-state index is -3.38. The molecule has 5 nitrogen and oxygen atoms in total. The first-order valence-corrected chi connectivity index (χ1v) is 9.20. The number of thiophene rings is 1. The van der Waals surface area contributed by atoms with E-state index in [9.17, 15) is 8.42 Å². The summed E-state index contributed by atoms with van der Waals surface area (Å²) in [7, 11) is -3.38. The fourth-order valence-corrected chi connectivity index (χ4v) is 4.63. The summed E-state index contributed by atoms with van der Waals surface area (Å²) in [5, 5.41) is 0. The Morgan fingerprint density at radius 2 is 2.05 bits per heavy atom. The number of aryl methyl sites for hydroxylation is 1. The minimum Gasteiger partial charge on any atom is -0.377 e. The molecule has 1 heterocycles. The molecule has 0 bridgehead atoms. The van der Waals surface area contributed by atoms with Crippen molar-refractivity contribution >= 4 is 21.4 Å². The third kappa shape index (κ3) is 4.53. The van der Waals surface area contributed by atoms with Crippen molar-refractivity contribution in [3.63, 3.8) is 0 Å². The Bertz CT molecular complexity index is 519. The van der Waals surface area contributed by atoms with Crippen LogP contribution in [0.2, 0.25) is 0 Å². The van der Waals surface area contributed by atoms with Crippen LogP contribution in [0.25, 0.3) is 0 Å². The van der Waals surface area contributed by atoms with Crippen LogP contribution in [0.4, 0.5) is 0 Å². The topological polar surface area (TPSA) is 81.4 Å². The number of hydrogen-bond acceptors (Lipinski definition) is 5. The molecule has 0 atom stereocenters. The number of nitrogens with one attached hydrogen (secondary N) is 1. The van der Waals surface area contributed by atoms with Crippen LogP contribution in [0.15, 0.2) is 16.3 Å². The first-order chi connectivity index (χ1) is 9.47. The molecule has 0 spiro atoms. The lowest BCUT2D eigenvalue weighted by Gasteiger charge is -2.26. The first-order valence-electron chi connectivity index (χ1n) is 6.90. The lowest BCUT2D eigenvalue weighted by atomic mass is 9.94. The van der Waals surface area contributed by atoms with Crippen molar-refractivity contribution in [3.05, 3.63) is 17.0 Å². The van der Waals surface area contributed by atoms with Crippen LogP contribution in [-0.2, 0) is 14.8 Å². The second-order valence-electron chi connectivity index (χ2n) is 5.17.